The molecule has 0 fully saturated rings. The first kappa shape index (κ1) is 19.5. The number of methoxy groups -OCH3 is 3. The molecule has 4 aromatic rings. The Morgan fingerprint density at radius 1 is 0.833 bits per heavy atom. The number of aryl methyl sites for hydroxylation is 1. The number of hydrogen-bond donors (Lipinski definition) is 0. The molecule has 0 atom stereocenters. The van der Waals surface area contributed by atoms with E-state index in [0.717, 1.165) is 11.3 Å². The molecule has 152 valence electrons. The largest absolute Gasteiger partial charge is 0.493 e. The van der Waals surface area contributed by atoms with E-state index in [4.69, 9.17) is 19.2 Å². The minimum Gasteiger partial charge on any atom is -0.493 e. The summed E-state index contributed by atoms with van der Waals surface area (Å²) >= 11 is 0. The van der Waals surface area contributed by atoms with Crippen molar-refractivity contribution >= 4 is 10.9 Å². The van der Waals surface area contributed by atoms with Crippen molar-refractivity contribution in [2.24, 2.45) is 0 Å². The lowest BCUT2D eigenvalue weighted by Crippen LogP contribution is -2.22. The number of benzene rings is 3. The number of aromatic nitrogens is 2. The summed E-state index contributed by atoms with van der Waals surface area (Å²) in [4.78, 5) is 18.3. The summed E-state index contributed by atoms with van der Waals surface area (Å²) < 4.78 is 18.1. The Morgan fingerprint density at radius 2 is 1.53 bits per heavy atom. The predicted octanol–water partition coefficient (Wildman–Crippen LogP) is 4.39. The van der Waals surface area contributed by atoms with Crippen molar-refractivity contribution in [1.82, 2.24) is 9.55 Å². The van der Waals surface area contributed by atoms with E-state index in [9.17, 15) is 4.79 Å². The number of hydrogen-bond acceptors (Lipinski definition) is 5. The second-order valence-corrected chi connectivity index (χ2v) is 6.85. The minimum atomic E-state index is -0.144. The summed E-state index contributed by atoms with van der Waals surface area (Å²) in [6.45, 7) is 1.99. The molecule has 1 aromatic heterocycles. The Labute approximate surface area is 174 Å². The monoisotopic (exact) mass is 402 g/mol. The Kier molecular flexibility index (Phi) is 5.14. The highest BCUT2D eigenvalue weighted by molar-refractivity contribution is 5.81. The fraction of sp³-hybridized carbons (Fsp3) is 0.167. The van der Waals surface area contributed by atoms with Gasteiger partial charge in [0.25, 0.3) is 5.56 Å². The molecule has 0 amide bonds. The summed E-state index contributed by atoms with van der Waals surface area (Å²) in [5, 5.41) is 0.551. The molecule has 4 rings (SSSR count). The molecule has 0 saturated carbocycles. The van der Waals surface area contributed by atoms with E-state index in [2.05, 4.69) is 0 Å². The highest BCUT2D eigenvalue weighted by atomic mass is 16.5. The quantitative estimate of drug-likeness (QED) is 0.496. The second kappa shape index (κ2) is 7.91. The van der Waals surface area contributed by atoms with Gasteiger partial charge >= 0.3 is 0 Å². The molecule has 3 aromatic carbocycles. The number of para-hydroxylation sites is 1. The van der Waals surface area contributed by atoms with Gasteiger partial charge in [0.1, 0.15) is 5.82 Å². The topological polar surface area (TPSA) is 62.6 Å². The molecule has 0 unspecified atom stereocenters. The average Bonchev–Trinajstić information content (AvgIpc) is 2.77. The number of ether oxygens (including phenoxy) is 3. The average molecular weight is 402 g/mol. The lowest BCUT2D eigenvalue weighted by Gasteiger charge is -2.17. The van der Waals surface area contributed by atoms with Crippen LogP contribution in [-0.4, -0.2) is 30.9 Å². The maximum Gasteiger partial charge on any atom is 0.266 e. The third-order valence-electron chi connectivity index (χ3n) is 4.96. The summed E-state index contributed by atoms with van der Waals surface area (Å²) in [7, 11) is 4.67. The maximum absolute atomic E-state index is 13.5. The van der Waals surface area contributed by atoms with Gasteiger partial charge in [0.15, 0.2) is 11.5 Å². The van der Waals surface area contributed by atoms with Crippen LogP contribution in [0.4, 0.5) is 0 Å². The predicted molar refractivity (Wildman–Crippen MR) is 117 cm³/mol. The first-order chi connectivity index (χ1) is 14.6. The van der Waals surface area contributed by atoms with Crippen LogP contribution in [0.2, 0.25) is 0 Å². The zero-order chi connectivity index (χ0) is 21.3. The molecule has 1 heterocycles. The van der Waals surface area contributed by atoms with Gasteiger partial charge < -0.3 is 14.2 Å². The van der Waals surface area contributed by atoms with Gasteiger partial charge in [0.05, 0.1) is 37.9 Å². The molecule has 0 aliphatic heterocycles. The van der Waals surface area contributed by atoms with Crippen LogP contribution in [0.5, 0.6) is 17.2 Å². The normalized spacial score (nSPS) is 10.8. The fourth-order valence-corrected chi connectivity index (χ4v) is 3.54. The van der Waals surface area contributed by atoms with Crippen LogP contribution in [0.3, 0.4) is 0 Å². The first-order valence-electron chi connectivity index (χ1n) is 9.46. The smallest absolute Gasteiger partial charge is 0.266 e. The van der Waals surface area contributed by atoms with E-state index in [1.54, 1.807) is 44.1 Å². The van der Waals surface area contributed by atoms with Gasteiger partial charge in [-0.1, -0.05) is 24.3 Å². The molecule has 0 N–H and O–H groups in total. The summed E-state index contributed by atoms with van der Waals surface area (Å²) in [5.74, 6) is 1.95. The summed E-state index contributed by atoms with van der Waals surface area (Å²) in [6.07, 6.45) is 0. The zero-order valence-electron chi connectivity index (χ0n) is 17.3. The van der Waals surface area contributed by atoms with Crippen LogP contribution < -0.4 is 19.8 Å². The van der Waals surface area contributed by atoms with E-state index in [0.29, 0.717) is 39.5 Å². The van der Waals surface area contributed by atoms with Crippen LogP contribution in [0.1, 0.15) is 5.56 Å². The molecule has 6 nitrogen and oxygen atoms in total. The molecule has 0 saturated heterocycles. The van der Waals surface area contributed by atoms with Gasteiger partial charge in [-0.05, 0) is 48.9 Å². The molecule has 0 radical (unpaired) electrons. The minimum absolute atomic E-state index is 0.144. The molecule has 30 heavy (non-hydrogen) atoms. The van der Waals surface area contributed by atoms with Crippen LogP contribution in [-0.2, 0) is 0 Å². The lowest BCUT2D eigenvalue weighted by molar-refractivity contribution is 0.324. The van der Waals surface area contributed by atoms with E-state index in [1.165, 1.54) is 0 Å². The molecule has 0 spiro atoms. The Bertz CT molecular complexity index is 1270. The van der Waals surface area contributed by atoms with E-state index < -0.39 is 0 Å². The second-order valence-electron chi connectivity index (χ2n) is 6.85. The number of fused-ring (bicyclic) bond motifs is 1. The molecular formula is C24H22N2O4. The fourth-order valence-electron chi connectivity index (χ4n) is 3.54. The van der Waals surface area contributed by atoms with Crippen molar-refractivity contribution in [3.8, 4) is 34.3 Å². The number of rotatable bonds is 5. The van der Waals surface area contributed by atoms with Gasteiger partial charge in [-0.15, -0.1) is 0 Å². The Morgan fingerprint density at radius 3 is 2.17 bits per heavy atom. The van der Waals surface area contributed by atoms with Crippen molar-refractivity contribution in [1.29, 1.82) is 0 Å². The van der Waals surface area contributed by atoms with Gasteiger partial charge in [-0.3, -0.25) is 9.36 Å². The zero-order valence-corrected chi connectivity index (χ0v) is 17.3. The third-order valence-corrected chi connectivity index (χ3v) is 4.96. The maximum atomic E-state index is 13.5. The van der Waals surface area contributed by atoms with E-state index in [-0.39, 0.29) is 5.56 Å². The van der Waals surface area contributed by atoms with Gasteiger partial charge in [-0.2, -0.15) is 0 Å². The summed E-state index contributed by atoms with van der Waals surface area (Å²) in [5.41, 5.74) is 2.93. The third kappa shape index (κ3) is 3.26. The highest BCUT2D eigenvalue weighted by Crippen LogP contribution is 2.41. The lowest BCUT2D eigenvalue weighted by atomic mass is 10.1. The SMILES string of the molecule is COc1cc(-c2nc3ccccc3c(=O)n2-c2cccc(C)c2)cc(OC)c1OC. The van der Waals surface area contributed by atoms with Crippen LogP contribution >= 0.6 is 0 Å². The standard InChI is InChI=1S/C24H22N2O4/c1-15-8-7-9-17(12-15)26-23(25-19-11-6-5-10-18(19)24(26)27)16-13-20(28-2)22(30-4)21(14-16)29-3/h5-14H,1-4H3. The van der Waals surface area contributed by atoms with Gasteiger partial charge in [0, 0.05) is 5.56 Å². The van der Waals surface area contributed by atoms with E-state index in [1.807, 2.05) is 49.4 Å². The first-order valence-corrected chi connectivity index (χ1v) is 9.46. The molecular weight excluding hydrogens is 380 g/mol. The van der Waals surface area contributed by atoms with Crippen molar-refractivity contribution in [3.63, 3.8) is 0 Å². The highest BCUT2D eigenvalue weighted by Gasteiger charge is 2.19. The van der Waals surface area contributed by atoms with Crippen molar-refractivity contribution in [3.05, 3.63) is 76.6 Å². The molecule has 0 aliphatic carbocycles. The molecule has 0 bridgehead atoms. The van der Waals surface area contributed by atoms with Crippen molar-refractivity contribution in [2.75, 3.05) is 21.3 Å². The Hall–Kier alpha value is -3.80. The summed E-state index contributed by atoms with van der Waals surface area (Å²) in [6, 6.07) is 18.7. The molecule has 6 heteroatoms. The van der Waals surface area contributed by atoms with Gasteiger partial charge in [0.2, 0.25) is 5.75 Å². The Balaban J connectivity index is 2.11. The van der Waals surface area contributed by atoms with Crippen LogP contribution in [0, 0.1) is 6.92 Å². The van der Waals surface area contributed by atoms with Crippen molar-refractivity contribution in [2.45, 2.75) is 6.92 Å². The van der Waals surface area contributed by atoms with Gasteiger partial charge in [-0.25, -0.2) is 4.98 Å². The van der Waals surface area contributed by atoms with E-state index >= 15 is 0 Å². The molecule has 0 aliphatic rings. The van der Waals surface area contributed by atoms with Crippen LogP contribution in [0.15, 0.2) is 65.5 Å². The number of nitrogens with zero attached hydrogens (tertiary/aromatic N) is 2. The van der Waals surface area contributed by atoms with Crippen molar-refractivity contribution < 1.29 is 14.2 Å². The van der Waals surface area contributed by atoms with Crippen LogP contribution in [0.25, 0.3) is 28.0 Å².